The molecule has 1 heterocycles. The van der Waals surface area contributed by atoms with Crippen LogP contribution < -0.4 is 5.32 Å². The van der Waals surface area contributed by atoms with Crippen LogP contribution in [0.5, 0.6) is 0 Å². The van der Waals surface area contributed by atoms with Gasteiger partial charge in [-0.1, -0.05) is 6.07 Å². The van der Waals surface area contributed by atoms with Gasteiger partial charge in [-0.2, -0.15) is 4.39 Å². The fourth-order valence-corrected chi connectivity index (χ4v) is 0.992. The monoisotopic (exact) mass is 212 g/mol. The number of hydrogen-bond donors (Lipinski definition) is 1. The number of nitrogens with zero attached hydrogens (tertiary/aromatic N) is 1. The van der Waals surface area contributed by atoms with Gasteiger partial charge in [0.05, 0.1) is 13.0 Å². The fraction of sp³-hybridized carbons (Fsp3) is 0.400. The molecule has 0 radical (unpaired) electrons. The first-order valence-electron chi connectivity index (χ1n) is 4.72. The molecule has 0 atom stereocenters. The fourth-order valence-electron chi connectivity index (χ4n) is 0.992. The Hall–Kier alpha value is -1.49. The summed E-state index contributed by atoms with van der Waals surface area (Å²) in [5.41, 5.74) is 0. The highest BCUT2D eigenvalue weighted by Crippen LogP contribution is 2.03. The van der Waals surface area contributed by atoms with Gasteiger partial charge in [-0.25, -0.2) is 4.98 Å². The van der Waals surface area contributed by atoms with E-state index in [0.29, 0.717) is 13.2 Å². The maximum Gasteiger partial charge on any atom is 0.227 e. The lowest BCUT2D eigenvalue weighted by atomic mass is 10.4. The predicted molar refractivity (Wildman–Crippen MR) is 53.9 cm³/mol. The zero-order chi connectivity index (χ0) is 11.1. The maximum absolute atomic E-state index is 12.6. The third-order valence-corrected chi connectivity index (χ3v) is 1.66. The van der Waals surface area contributed by atoms with Crippen molar-refractivity contribution in [3.8, 4) is 0 Å². The topological polar surface area (TPSA) is 51.2 Å². The van der Waals surface area contributed by atoms with Crippen LogP contribution in [0.3, 0.4) is 0 Å². The Balaban J connectivity index is 2.37. The van der Waals surface area contributed by atoms with E-state index in [-0.39, 0.29) is 18.1 Å². The van der Waals surface area contributed by atoms with Gasteiger partial charge in [0, 0.05) is 6.61 Å². The highest BCUT2D eigenvalue weighted by atomic mass is 19.1. The summed E-state index contributed by atoms with van der Waals surface area (Å²) >= 11 is 0. The summed E-state index contributed by atoms with van der Waals surface area (Å²) in [6, 6.07) is 4.23. The number of amides is 1. The van der Waals surface area contributed by atoms with Crippen LogP contribution in [0.2, 0.25) is 0 Å². The van der Waals surface area contributed by atoms with Crippen molar-refractivity contribution < 1.29 is 13.9 Å². The van der Waals surface area contributed by atoms with Crippen molar-refractivity contribution in [1.29, 1.82) is 0 Å². The Morgan fingerprint density at radius 1 is 1.60 bits per heavy atom. The van der Waals surface area contributed by atoms with Gasteiger partial charge in [0.15, 0.2) is 0 Å². The van der Waals surface area contributed by atoms with Gasteiger partial charge in [-0.05, 0) is 19.1 Å². The second-order valence-electron chi connectivity index (χ2n) is 2.84. The van der Waals surface area contributed by atoms with E-state index >= 15 is 0 Å². The first kappa shape index (κ1) is 11.6. The molecule has 0 saturated heterocycles. The largest absolute Gasteiger partial charge is 0.381 e. The normalized spacial score (nSPS) is 10.0. The van der Waals surface area contributed by atoms with Crippen molar-refractivity contribution >= 4 is 11.7 Å². The Kier molecular flexibility index (Phi) is 4.70. The lowest BCUT2D eigenvalue weighted by molar-refractivity contribution is -0.117. The zero-order valence-electron chi connectivity index (χ0n) is 8.50. The van der Waals surface area contributed by atoms with Crippen LogP contribution >= 0.6 is 0 Å². The Morgan fingerprint density at radius 3 is 3.07 bits per heavy atom. The molecular weight excluding hydrogens is 199 g/mol. The van der Waals surface area contributed by atoms with Crippen molar-refractivity contribution in [1.82, 2.24) is 4.98 Å². The third kappa shape index (κ3) is 4.51. The molecule has 1 rings (SSSR count). The van der Waals surface area contributed by atoms with Crippen molar-refractivity contribution in [2.24, 2.45) is 0 Å². The minimum Gasteiger partial charge on any atom is -0.381 e. The molecule has 15 heavy (non-hydrogen) atoms. The van der Waals surface area contributed by atoms with Crippen LogP contribution in [0.4, 0.5) is 10.2 Å². The molecule has 4 nitrogen and oxygen atoms in total. The molecule has 0 spiro atoms. The number of anilines is 1. The molecule has 1 N–H and O–H groups in total. The average molecular weight is 212 g/mol. The minimum atomic E-state index is -0.613. The summed E-state index contributed by atoms with van der Waals surface area (Å²) in [6.45, 7) is 2.79. The number of hydrogen-bond acceptors (Lipinski definition) is 3. The van der Waals surface area contributed by atoms with Crippen LogP contribution in [0.1, 0.15) is 13.3 Å². The molecular formula is C10H13FN2O2. The van der Waals surface area contributed by atoms with E-state index in [0.717, 1.165) is 0 Å². The lowest BCUT2D eigenvalue weighted by Gasteiger charge is -2.03. The predicted octanol–water partition coefficient (Wildman–Crippen LogP) is 1.59. The summed E-state index contributed by atoms with van der Waals surface area (Å²) in [7, 11) is 0. The van der Waals surface area contributed by atoms with Crippen LogP contribution in [0, 0.1) is 5.95 Å². The second kappa shape index (κ2) is 6.08. The summed E-state index contributed by atoms with van der Waals surface area (Å²) in [4.78, 5) is 14.7. The van der Waals surface area contributed by atoms with Gasteiger partial charge in [-0.15, -0.1) is 0 Å². The van der Waals surface area contributed by atoms with E-state index in [1.54, 1.807) is 0 Å². The number of aromatic nitrogens is 1. The van der Waals surface area contributed by atoms with Crippen LogP contribution in [0.15, 0.2) is 18.2 Å². The maximum atomic E-state index is 12.6. The summed E-state index contributed by atoms with van der Waals surface area (Å²) in [6.07, 6.45) is 0.242. The van der Waals surface area contributed by atoms with Crippen LogP contribution in [-0.2, 0) is 9.53 Å². The van der Waals surface area contributed by atoms with Crippen molar-refractivity contribution in [2.75, 3.05) is 18.5 Å². The van der Waals surface area contributed by atoms with E-state index in [4.69, 9.17) is 4.74 Å². The van der Waals surface area contributed by atoms with E-state index in [2.05, 4.69) is 10.3 Å². The number of carbonyl (C=O) groups is 1. The molecule has 0 bridgehead atoms. The molecule has 0 aromatic carbocycles. The van der Waals surface area contributed by atoms with Gasteiger partial charge in [-0.3, -0.25) is 4.79 Å². The van der Waals surface area contributed by atoms with Crippen molar-refractivity contribution in [3.05, 3.63) is 24.1 Å². The first-order chi connectivity index (χ1) is 7.22. The first-order valence-corrected chi connectivity index (χ1v) is 4.72. The molecule has 0 unspecified atom stereocenters. The van der Waals surface area contributed by atoms with Gasteiger partial charge in [0.2, 0.25) is 11.9 Å². The van der Waals surface area contributed by atoms with Crippen molar-refractivity contribution in [3.63, 3.8) is 0 Å². The molecule has 0 fully saturated rings. The molecule has 0 aliphatic carbocycles. The average Bonchev–Trinajstić information content (AvgIpc) is 2.18. The van der Waals surface area contributed by atoms with E-state index in [1.807, 2.05) is 6.92 Å². The zero-order valence-corrected chi connectivity index (χ0v) is 8.50. The molecule has 1 aromatic heterocycles. The molecule has 5 heteroatoms. The molecule has 0 aliphatic heterocycles. The molecule has 0 saturated carbocycles. The smallest absolute Gasteiger partial charge is 0.227 e. The summed E-state index contributed by atoms with van der Waals surface area (Å²) < 4.78 is 17.6. The molecule has 82 valence electrons. The Labute approximate surface area is 87.5 Å². The number of nitrogens with one attached hydrogen (secondary N) is 1. The SMILES string of the molecule is CCOCCC(=O)Nc1cccc(F)n1. The van der Waals surface area contributed by atoms with Crippen molar-refractivity contribution in [2.45, 2.75) is 13.3 Å². The van der Waals surface area contributed by atoms with Crippen LogP contribution in [-0.4, -0.2) is 24.1 Å². The number of halogens is 1. The van der Waals surface area contributed by atoms with Gasteiger partial charge < -0.3 is 10.1 Å². The Bertz CT molecular complexity index is 331. The highest BCUT2D eigenvalue weighted by Gasteiger charge is 2.03. The number of pyridine rings is 1. The quantitative estimate of drug-likeness (QED) is 0.595. The van der Waals surface area contributed by atoms with E-state index in [9.17, 15) is 9.18 Å². The summed E-state index contributed by atoms with van der Waals surface area (Å²) in [5, 5.41) is 2.47. The van der Waals surface area contributed by atoms with Gasteiger partial charge in [0.25, 0.3) is 0 Å². The highest BCUT2D eigenvalue weighted by molar-refractivity contribution is 5.89. The number of rotatable bonds is 5. The second-order valence-corrected chi connectivity index (χ2v) is 2.84. The van der Waals surface area contributed by atoms with E-state index in [1.165, 1.54) is 18.2 Å². The Morgan fingerprint density at radius 2 is 2.40 bits per heavy atom. The number of carbonyl (C=O) groups excluding carboxylic acids is 1. The molecule has 1 aromatic rings. The van der Waals surface area contributed by atoms with Crippen LogP contribution in [0.25, 0.3) is 0 Å². The minimum absolute atomic E-state index is 0.219. The van der Waals surface area contributed by atoms with Gasteiger partial charge in [0.1, 0.15) is 5.82 Å². The lowest BCUT2D eigenvalue weighted by Crippen LogP contribution is -2.15. The molecule has 1 amide bonds. The standard InChI is InChI=1S/C10H13FN2O2/c1-2-15-7-6-10(14)13-9-5-3-4-8(11)12-9/h3-5H,2,6-7H2,1H3,(H,12,13,14). The summed E-state index contributed by atoms with van der Waals surface area (Å²) in [5.74, 6) is -0.629. The van der Waals surface area contributed by atoms with E-state index < -0.39 is 5.95 Å². The number of ether oxygens (including phenoxy) is 1. The third-order valence-electron chi connectivity index (χ3n) is 1.66. The van der Waals surface area contributed by atoms with Gasteiger partial charge >= 0.3 is 0 Å². The molecule has 0 aliphatic rings.